The van der Waals surface area contributed by atoms with Crippen LogP contribution in [0.1, 0.15) is 23.2 Å². The molecular weight excluding hydrogens is 270 g/mol. The third kappa shape index (κ3) is 3.90. The van der Waals surface area contributed by atoms with Crippen molar-refractivity contribution in [1.82, 2.24) is 10.6 Å². The SMILES string of the molecule is Cl.O=C(NC1CCNCC1)c1ccccc1[N+](=O)[O-]. The minimum atomic E-state index is -0.530. The number of rotatable bonds is 3. The number of halogens is 1. The molecule has 1 fully saturated rings. The molecule has 0 saturated carbocycles. The lowest BCUT2D eigenvalue weighted by Crippen LogP contribution is -2.42. The van der Waals surface area contributed by atoms with E-state index in [9.17, 15) is 14.9 Å². The molecule has 19 heavy (non-hydrogen) atoms. The summed E-state index contributed by atoms with van der Waals surface area (Å²) in [6.07, 6.45) is 1.71. The second-order valence-electron chi connectivity index (χ2n) is 4.27. The highest BCUT2D eigenvalue weighted by atomic mass is 35.5. The summed E-state index contributed by atoms with van der Waals surface area (Å²) in [5.41, 5.74) is -0.0232. The van der Waals surface area contributed by atoms with Crippen molar-refractivity contribution in [1.29, 1.82) is 0 Å². The van der Waals surface area contributed by atoms with Crippen molar-refractivity contribution in [2.45, 2.75) is 18.9 Å². The second kappa shape index (κ2) is 7.06. The van der Waals surface area contributed by atoms with E-state index in [-0.39, 0.29) is 35.6 Å². The maximum absolute atomic E-state index is 12.0. The number of nitrogens with one attached hydrogen (secondary N) is 2. The molecule has 0 aromatic heterocycles. The van der Waals surface area contributed by atoms with Crippen molar-refractivity contribution in [3.8, 4) is 0 Å². The highest BCUT2D eigenvalue weighted by Crippen LogP contribution is 2.18. The van der Waals surface area contributed by atoms with E-state index in [0.717, 1.165) is 25.9 Å². The Bertz CT molecular complexity index is 461. The zero-order valence-electron chi connectivity index (χ0n) is 10.3. The number of carbonyl (C=O) groups is 1. The molecule has 0 spiro atoms. The zero-order valence-corrected chi connectivity index (χ0v) is 11.1. The molecule has 2 N–H and O–H groups in total. The molecule has 1 aliphatic heterocycles. The van der Waals surface area contributed by atoms with E-state index >= 15 is 0 Å². The Morgan fingerprint density at radius 2 is 1.95 bits per heavy atom. The van der Waals surface area contributed by atoms with Crippen LogP contribution in [0.2, 0.25) is 0 Å². The fraction of sp³-hybridized carbons (Fsp3) is 0.417. The lowest BCUT2D eigenvalue weighted by molar-refractivity contribution is -0.385. The summed E-state index contributed by atoms with van der Waals surface area (Å²) >= 11 is 0. The lowest BCUT2D eigenvalue weighted by Gasteiger charge is -2.23. The standard InChI is InChI=1S/C12H15N3O3.ClH/c16-12(14-9-5-7-13-8-6-9)10-3-1-2-4-11(10)15(17)18;/h1-4,9,13H,5-8H2,(H,14,16);1H. The first-order chi connectivity index (χ1) is 8.68. The highest BCUT2D eigenvalue weighted by molar-refractivity contribution is 5.98. The highest BCUT2D eigenvalue weighted by Gasteiger charge is 2.22. The van der Waals surface area contributed by atoms with Crippen molar-refractivity contribution >= 4 is 24.0 Å². The van der Waals surface area contributed by atoms with Gasteiger partial charge in [-0.25, -0.2) is 0 Å². The smallest absolute Gasteiger partial charge is 0.282 e. The average Bonchev–Trinajstić information content (AvgIpc) is 2.40. The fourth-order valence-corrected chi connectivity index (χ4v) is 2.05. The molecule has 6 nitrogen and oxygen atoms in total. The second-order valence-corrected chi connectivity index (χ2v) is 4.27. The molecule has 0 bridgehead atoms. The topological polar surface area (TPSA) is 84.3 Å². The molecule has 1 saturated heterocycles. The number of benzene rings is 1. The summed E-state index contributed by atoms with van der Waals surface area (Å²) in [6, 6.07) is 6.11. The van der Waals surface area contributed by atoms with Crippen LogP contribution in [0.25, 0.3) is 0 Å². The van der Waals surface area contributed by atoms with E-state index < -0.39 is 4.92 Å². The van der Waals surface area contributed by atoms with Crippen molar-refractivity contribution in [2.24, 2.45) is 0 Å². The largest absolute Gasteiger partial charge is 0.349 e. The molecule has 0 radical (unpaired) electrons. The summed E-state index contributed by atoms with van der Waals surface area (Å²) in [6.45, 7) is 1.73. The number of nitro benzene ring substituents is 1. The van der Waals surface area contributed by atoms with Gasteiger partial charge in [-0.15, -0.1) is 12.4 Å². The Balaban J connectivity index is 0.00000180. The van der Waals surface area contributed by atoms with Crippen LogP contribution in [0.15, 0.2) is 24.3 Å². The summed E-state index contributed by atoms with van der Waals surface area (Å²) < 4.78 is 0. The molecule has 0 atom stereocenters. The van der Waals surface area contributed by atoms with Crippen molar-refractivity contribution < 1.29 is 9.72 Å². The van der Waals surface area contributed by atoms with Crippen LogP contribution in [0, 0.1) is 10.1 Å². The van der Waals surface area contributed by atoms with Crippen LogP contribution >= 0.6 is 12.4 Å². The molecule has 0 unspecified atom stereocenters. The third-order valence-electron chi connectivity index (χ3n) is 3.02. The predicted molar refractivity (Wildman–Crippen MR) is 73.7 cm³/mol. The van der Waals surface area contributed by atoms with Crippen LogP contribution < -0.4 is 10.6 Å². The number of nitro groups is 1. The van der Waals surface area contributed by atoms with Gasteiger partial charge in [-0.1, -0.05) is 12.1 Å². The van der Waals surface area contributed by atoms with Gasteiger partial charge in [-0.05, 0) is 32.0 Å². The Kier molecular flexibility index (Phi) is 5.72. The van der Waals surface area contributed by atoms with Crippen LogP contribution in [0.4, 0.5) is 5.69 Å². The predicted octanol–water partition coefficient (Wildman–Crippen LogP) is 1.50. The molecule has 7 heteroatoms. The molecular formula is C12H16ClN3O3. The van der Waals surface area contributed by atoms with Gasteiger partial charge in [0.05, 0.1) is 4.92 Å². The van der Waals surface area contributed by atoms with Crippen molar-refractivity contribution in [2.75, 3.05) is 13.1 Å². The molecule has 0 aliphatic carbocycles. The average molecular weight is 286 g/mol. The van der Waals surface area contributed by atoms with Gasteiger partial charge >= 0.3 is 0 Å². The molecule has 1 aromatic carbocycles. The van der Waals surface area contributed by atoms with Crippen LogP contribution in [0.5, 0.6) is 0 Å². The number of para-hydroxylation sites is 1. The number of amides is 1. The van der Waals surface area contributed by atoms with E-state index in [1.807, 2.05) is 0 Å². The molecule has 1 aliphatic rings. The van der Waals surface area contributed by atoms with Gasteiger partial charge in [0, 0.05) is 12.1 Å². The summed E-state index contributed by atoms with van der Waals surface area (Å²) in [5, 5.41) is 16.9. The Morgan fingerprint density at radius 1 is 1.32 bits per heavy atom. The van der Waals surface area contributed by atoms with Crippen molar-refractivity contribution in [3.63, 3.8) is 0 Å². The quantitative estimate of drug-likeness (QED) is 0.651. The summed E-state index contributed by atoms with van der Waals surface area (Å²) in [4.78, 5) is 22.3. The van der Waals surface area contributed by atoms with Gasteiger partial charge in [0.15, 0.2) is 0 Å². The minimum absolute atomic E-state index is 0. The first-order valence-electron chi connectivity index (χ1n) is 5.93. The number of nitrogens with zero attached hydrogens (tertiary/aromatic N) is 1. The van der Waals surface area contributed by atoms with E-state index in [4.69, 9.17) is 0 Å². The lowest BCUT2D eigenvalue weighted by atomic mass is 10.1. The third-order valence-corrected chi connectivity index (χ3v) is 3.02. The van der Waals surface area contributed by atoms with Gasteiger partial charge in [0.1, 0.15) is 5.56 Å². The summed E-state index contributed by atoms with van der Waals surface area (Å²) in [7, 11) is 0. The number of piperidine rings is 1. The van der Waals surface area contributed by atoms with Gasteiger partial charge < -0.3 is 10.6 Å². The van der Waals surface area contributed by atoms with Crippen LogP contribution in [0.3, 0.4) is 0 Å². The molecule has 1 amide bonds. The molecule has 2 rings (SSSR count). The normalized spacial score (nSPS) is 15.4. The van der Waals surface area contributed by atoms with Gasteiger partial charge in [-0.2, -0.15) is 0 Å². The Hall–Kier alpha value is -1.66. The van der Waals surface area contributed by atoms with E-state index in [1.165, 1.54) is 12.1 Å². The van der Waals surface area contributed by atoms with E-state index in [2.05, 4.69) is 10.6 Å². The van der Waals surface area contributed by atoms with Crippen LogP contribution in [-0.2, 0) is 0 Å². The van der Waals surface area contributed by atoms with Gasteiger partial charge in [0.25, 0.3) is 11.6 Å². The Labute approximate surface area is 117 Å². The Morgan fingerprint density at radius 3 is 2.58 bits per heavy atom. The van der Waals surface area contributed by atoms with Crippen LogP contribution in [-0.4, -0.2) is 30.0 Å². The maximum atomic E-state index is 12.0. The van der Waals surface area contributed by atoms with Gasteiger partial charge in [-0.3, -0.25) is 14.9 Å². The minimum Gasteiger partial charge on any atom is -0.349 e. The summed E-state index contributed by atoms with van der Waals surface area (Å²) in [5.74, 6) is -0.366. The molecule has 104 valence electrons. The van der Waals surface area contributed by atoms with E-state index in [1.54, 1.807) is 12.1 Å². The monoisotopic (exact) mass is 285 g/mol. The van der Waals surface area contributed by atoms with Crippen molar-refractivity contribution in [3.05, 3.63) is 39.9 Å². The van der Waals surface area contributed by atoms with Gasteiger partial charge in [0.2, 0.25) is 0 Å². The number of hydrogen-bond donors (Lipinski definition) is 2. The molecule has 1 aromatic rings. The maximum Gasteiger partial charge on any atom is 0.282 e. The van der Waals surface area contributed by atoms with E-state index in [0.29, 0.717) is 0 Å². The number of hydrogen-bond acceptors (Lipinski definition) is 4. The first-order valence-corrected chi connectivity index (χ1v) is 5.93. The zero-order chi connectivity index (χ0) is 13.0. The fourth-order valence-electron chi connectivity index (χ4n) is 2.05. The first kappa shape index (κ1) is 15.4. The molecule has 1 heterocycles. The number of carbonyl (C=O) groups excluding carboxylic acids is 1.